The molecule has 7 heteroatoms. The maximum atomic E-state index is 12.7. The number of aromatic nitrogens is 1. The molecule has 0 aliphatic heterocycles. The third-order valence-corrected chi connectivity index (χ3v) is 6.97. The minimum Gasteiger partial charge on any atom is -0.493 e. The molecule has 192 valence electrons. The monoisotopic (exact) mass is 515 g/mol. The highest BCUT2D eigenvalue weighted by atomic mass is 32.1. The van der Waals surface area contributed by atoms with Crippen molar-refractivity contribution in [3.05, 3.63) is 82.9 Å². The Balaban J connectivity index is 1.39. The van der Waals surface area contributed by atoms with Gasteiger partial charge in [-0.1, -0.05) is 36.4 Å². The van der Waals surface area contributed by atoms with E-state index in [9.17, 15) is 4.79 Å². The zero-order chi connectivity index (χ0) is 26.4. The Hall–Kier alpha value is -3.68. The molecule has 0 unspecified atom stereocenters. The van der Waals surface area contributed by atoms with Gasteiger partial charge >= 0.3 is 0 Å². The standard InChI is InChI=1S/C30H33N3O3S/c1-20-16-24(30-31-21(2)19-37-30)10-12-26(20)23-8-6-22(7-9-23)17-29(34)32-25-11-13-27(35-5)28(18-25)36-15-14-33(3)4/h6-13,16,18-19H,14-15,17H2,1-5H3,(H,32,34). The molecule has 0 atom stereocenters. The summed E-state index contributed by atoms with van der Waals surface area (Å²) < 4.78 is 11.2. The number of anilines is 1. The minimum atomic E-state index is -0.0866. The van der Waals surface area contributed by atoms with Crippen LogP contribution in [0.25, 0.3) is 21.7 Å². The molecule has 1 aromatic heterocycles. The molecule has 0 bridgehead atoms. The van der Waals surface area contributed by atoms with Gasteiger partial charge in [0.15, 0.2) is 11.5 Å². The summed E-state index contributed by atoms with van der Waals surface area (Å²) >= 11 is 1.66. The van der Waals surface area contributed by atoms with E-state index >= 15 is 0 Å². The van der Waals surface area contributed by atoms with Gasteiger partial charge < -0.3 is 19.7 Å². The molecule has 0 radical (unpaired) electrons. The Labute approximate surface area is 222 Å². The van der Waals surface area contributed by atoms with Crippen LogP contribution in [0, 0.1) is 13.8 Å². The van der Waals surface area contributed by atoms with Crippen LogP contribution in [0.4, 0.5) is 5.69 Å². The van der Waals surface area contributed by atoms with Gasteiger partial charge in [-0.3, -0.25) is 4.79 Å². The van der Waals surface area contributed by atoms with Gasteiger partial charge in [0.05, 0.1) is 13.5 Å². The number of benzene rings is 3. The second-order valence-corrected chi connectivity index (χ2v) is 10.1. The van der Waals surface area contributed by atoms with Crippen LogP contribution in [-0.4, -0.2) is 50.1 Å². The number of likely N-dealkylation sites (N-methyl/N-ethyl adjacent to an activating group) is 1. The third-order valence-electron chi connectivity index (χ3n) is 5.97. The first-order valence-electron chi connectivity index (χ1n) is 12.2. The lowest BCUT2D eigenvalue weighted by atomic mass is 9.97. The number of hydrogen-bond donors (Lipinski definition) is 1. The summed E-state index contributed by atoms with van der Waals surface area (Å²) in [5.41, 5.74) is 7.29. The molecule has 1 amide bonds. The molecular formula is C30H33N3O3S. The van der Waals surface area contributed by atoms with Crippen LogP contribution in [0.1, 0.15) is 16.8 Å². The first-order chi connectivity index (χ1) is 17.8. The van der Waals surface area contributed by atoms with Crippen molar-refractivity contribution in [2.45, 2.75) is 20.3 Å². The number of nitrogens with zero attached hydrogens (tertiary/aromatic N) is 2. The van der Waals surface area contributed by atoms with Crippen molar-refractivity contribution in [3.8, 4) is 33.2 Å². The fraction of sp³-hybridized carbons (Fsp3) is 0.267. The van der Waals surface area contributed by atoms with Gasteiger partial charge in [0.1, 0.15) is 11.6 Å². The number of rotatable bonds is 10. The zero-order valence-electron chi connectivity index (χ0n) is 22.0. The van der Waals surface area contributed by atoms with Gasteiger partial charge in [-0.15, -0.1) is 11.3 Å². The Morgan fingerprint density at radius 1 is 0.973 bits per heavy atom. The summed E-state index contributed by atoms with van der Waals surface area (Å²) in [5, 5.41) is 6.08. The van der Waals surface area contributed by atoms with E-state index in [0.29, 0.717) is 23.8 Å². The predicted molar refractivity (Wildman–Crippen MR) is 152 cm³/mol. The average molecular weight is 516 g/mol. The van der Waals surface area contributed by atoms with Gasteiger partial charge in [-0.2, -0.15) is 0 Å². The molecular weight excluding hydrogens is 482 g/mol. The normalized spacial score (nSPS) is 11.0. The van der Waals surface area contributed by atoms with Crippen molar-refractivity contribution < 1.29 is 14.3 Å². The summed E-state index contributed by atoms with van der Waals surface area (Å²) in [6.45, 7) is 5.44. The highest BCUT2D eigenvalue weighted by molar-refractivity contribution is 7.13. The van der Waals surface area contributed by atoms with Crippen LogP contribution in [0.2, 0.25) is 0 Å². The first kappa shape index (κ1) is 26.4. The zero-order valence-corrected chi connectivity index (χ0v) is 22.8. The summed E-state index contributed by atoms with van der Waals surface area (Å²) in [6.07, 6.45) is 0.282. The number of thiazole rings is 1. The molecule has 1 N–H and O–H groups in total. The quantitative estimate of drug-likeness (QED) is 0.271. The molecule has 6 nitrogen and oxygen atoms in total. The van der Waals surface area contributed by atoms with Crippen molar-refractivity contribution in [3.63, 3.8) is 0 Å². The van der Waals surface area contributed by atoms with Gasteiger partial charge in [-0.25, -0.2) is 4.98 Å². The lowest BCUT2D eigenvalue weighted by molar-refractivity contribution is -0.115. The van der Waals surface area contributed by atoms with Gasteiger partial charge in [0.2, 0.25) is 5.91 Å². The van der Waals surface area contributed by atoms with E-state index in [1.54, 1.807) is 30.6 Å². The summed E-state index contributed by atoms with van der Waals surface area (Å²) in [5.74, 6) is 1.16. The van der Waals surface area contributed by atoms with E-state index in [4.69, 9.17) is 9.47 Å². The van der Waals surface area contributed by atoms with E-state index in [0.717, 1.165) is 33.9 Å². The molecule has 1 heterocycles. The second-order valence-electron chi connectivity index (χ2n) is 9.26. The molecule has 0 spiro atoms. The fourth-order valence-corrected chi connectivity index (χ4v) is 4.80. The number of carbonyl (C=O) groups is 1. The van der Waals surface area contributed by atoms with Crippen molar-refractivity contribution in [2.75, 3.05) is 39.7 Å². The molecule has 0 saturated heterocycles. The highest BCUT2D eigenvalue weighted by Crippen LogP contribution is 2.31. The van der Waals surface area contributed by atoms with Crippen LogP contribution in [-0.2, 0) is 11.2 Å². The number of aryl methyl sites for hydroxylation is 2. The smallest absolute Gasteiger partial charge is 0.228 e. The number of hydrogen-bond acceptors (Lipinski definition) is 6. The van der Waals surface area contributed by atoms with Crippen LogP contribution in [0.15, 0.2) is 66.0 Å². The van der Waals surface area contributed by atoms with E-state index in [1.807, 2.05) is 44.1 Å². The van der Waals surface area contributed by atoms with E-state index in [1.165, 1.54) is 11.1 Å². The van der Waals surface area contributed by atoms with Crippen molar-refractivity contribution in [1.82, 2.24) is 9.88 Å². The van der Waals surface area contributed by atoms with Crippen LogP contribution in [0.5, 0.6) is 11.5 Å². The average Bonchev–Trinajstić information content (AvgIpc) is 3.31. The Kier molecular flexibility index (Phi) is 8.58. The summed E-state index contributed by atoms with van der Waals surface area (Å²) in [6, 6.07) is 20.0. The molecule has 37 heavy (non-hydrogen) atoms. The van der Waals surface area contributed by atoms with Gasteiger partial charge in [-0.05, 0) is 68.4 Å². The number of amides is 1. The highest BCUT2D eigenvalue weighted by Gasteiger charge is 2.11. The minimum absolute atomic E-state index is 0.0866. The SMILES string of the molecule is COc1ccc(NC(=O)Cc2ccc(-c3ccc(-c4nc(C)cs4)cc3C)cc2)cc1OCCN(C)C. The fourth-order valence-electron chi connectivity index (χ4n) is 4.01. The summed E-state index contributed by atoms with van der Waals surface area (Å²) in [4.78, 5) is 19.4. The Bertz CT molecular complexity index is 1360. The summed E-state index contributed by atoms with van der Waals surface area (Å²) in [7, 11) is 5.59. The molecule has 4 aromatic rings. The maximum absolute atomic E-state index is 12.7. The van der Waals surface area contributed by atoms with Gasteiger partial charge in [0, 0.05) is 34.9 Å². The number of methoxy groups -OCH3 is 1. The molecule has 0 aliphatic rings. The predicted octanol–water partition coefficient (Wildman–Crippen LogP) is 6.22. The van der Waals surface area contributed by atoms with Gasteiger partial charge in [0.25, 0.3) is 0 Å². The molecule has 0 aliphatic carbocycles. The van der Waals surface area contributed by atoms with E-state index in [2.05, 4.69) is 52.9 Å². The lowest BCUT2D eigenvalue weighted by Crippen LogP contribution is -2.19. The van der Waals surface area contributed by atoms with Crippen LogP contribution in [0.3, 0.4) is 0 Å². The number of ether oxygens (including phenoxy) is 2. The molecule has 0 fully saturated rings. The Morgan fingerprint density at radius 2 is 1.73 bits per heavy atom. The maximum Gasteiger partial charge on any atom is 0.228 e. The second kappa shape index (κ2) is 12.0. The van der Waals surface area contributed by atoms with E-state index < -0.39 is 0 Å². The van der Waals surface area contributed by atoms with Crippen molar-refractivity contribution in [1.29, 1.82) is 0 Å². The number of nitrogens with one attached hydrogen (secondary N) is 1. The third kappa shape index (κ3) is 6.96. The Morgan fingerprint density at radius 3 is 2.38 bits per heavy atom. The first-order valence-corrected chi connectivity index (χ1v) is 13.1. The largest absolute Gasteiger partial charge is 0.493 e. The molecule has 4 rings (SSSR count). The molecule has 3 aromatic carbocycles. The lowest BCUT2D eigenvalue weighted by Gasteiger charge is -2.15. The van der Waals surface area contributed by atoms with Crippen LogP contribution < -0.4 is 14.8 Å². The van der Waals surface area contributed by atoms with Crippen molar-refractivity contribution >= 4 is 22.9 Å². The van der Waals surface area contributed by atoms with E-state index in [-0.39, 0.29) is 12.3 Å². The topological polar surface area (TPSA) is 63.7 Å². The number of carbonyl (C=O) groups excluding carboxylic acids is 1. The van der Waals surface area contributed by atoms with Crippen LogP contribution >= 0.6 is 11.3 Å². The van der Waals surface area contributed by atoms with Crippen molar-refractivity contribution in [2.24, 2.45) is 0 Å². The molecule has 0 saturated carbocycles.